The molecular weight excluding hydrogens is 250 g/mol. The first-order valence-corrected chi connectivity index (χ1v) is 6.45. The van der Waals surface area contributed by atoms with E-state index in [0.29, 0.717) is 11.1 Å². The summed E-state index contributed by atoms with van der Waals surface area (Å²) in [6, 6.07) is 15.8. The van der Waals surface area contributed by atoms with Gasteiger partial charge in [0.2, 0.25) is 11.6 Å². The van der Waals surface area contributed by atoms with Crippen molar-refractivity contribution in [2.45, 2.75) is 6.54 Å². The van der Waals surface area contributed by atoms with Crippen molar-refractivity contribution >= 4 is 11.6 Å². The van der Waals surface area contributed by atoms with Crippen LogP contribution in [-0.2, 0) is 6.54 Å². The van der Waals surface area contributed by atoms with Crippen molar-refractivity contribution in [1.29, 1.82) is 0 Å². The SMILES string of the molecule is CN(C)Cc1ccc(C(=O)C(=O)c2ccccc2)cc1. The molecule has 102 valence electrons. The number of Topliss-reactive ketones (excluding diaryl/α,β-unsaturated/α-hetero) is 2. The molecule has 0 unspecified atom stereocenters. The van der Waals surface area contributed by atoms with E-state index in [1.165, 1.54) is 0 Å². The van der Waals surface area contributed by atoms with Gasteiger partial charge >= 0.3 is 0 Å². The standard InChI is InChI=1S/C17H17NO2/c1-18(2)12-13-8-10-15(11-9-13)17(20)16(19)14-6-4-3-5-7-14/h3-11H,12H2,1-2H3. The highest BCUT2D eigenvalue weighted by atomic mass is 16.2. The summed E-state index contributed by atoms with van der Waals surface area (Å²) in [7, 11) is 3.97. The maximum Gasteiger partial charge on any atom is 0.233 e. The fraction of sp³-hybridized carbons (Fsp3) is 0.176. The van der Waals surface area contributed by atoms with Gasteiger partial charge in [0, 0.05) is 17.7 Å². The lowest BCUT2D eigenvalue weighted by molar-refractivity contribution is 0.0817. The number of hydrogen-bond acceptors (Lipinski definition) is 3. The molecule has 0 heterocycles. The number of rotatable bonds is 5. The molecule has 0 radical (unpaired) electrons. The maximum absolute atomic E-state index is 12.1. The molecular formula is C17H17NO2. The van der Waals surface area contributed by atoms with Crippen LogP contribution in [0.1, 0.15) is 26.3 Å². The second-order valence-corrected chi connectivity index (χ2v) is 4.96. The summed E-state index contributed by atoms with van der Waals surface area (Å²) in [6.45, 7) is 0.807. The Hall–Kier alpha value is -2.26. The molecule has 0 amide bonds. The third kappa shape index (κ3) is 3.39. The lowest BCUT2D eigenvalue weighted by atomic mass is 10.0. The first-order chi connectivity index (χ1) is 9.58. The summed E-state index contributed by atoms with van der Waals surface area (Å²) in [5.41, 5.74) is 1.97. The first kappa shape index (κ1) is 14.2. The van der Waals surface area contributed by atoms with E-state index in [-0.39, 0.29) is 0 Å². The van der Waals surface area contributed by atoms with Crippen molar-refractivity contribution in [3.8, 4) is 0 Å². The van der Waals surface area contributed by atoms with Crippen molar-refractivity contribution < 1.29 is 9.59 Å². The van der Waals surface area contributed by atoms with Gasteiger partial charge in [0.25, 0.3) is 0 Å². The summed E-state index contributed by atoms with van der Waals surface area (Å²) < 4.78 is 0. The average molecular weight is 267 g/mol. The predicted molar refractivity (Wildman–Crippen MR) is 78.9 cm³/mol. The molecule has 0 aliphatic carbocycles. The van der Waals surface area contributed by atoms with Crippen LogP contribution in [0.2, 0.25) is 0 Å². The van der Waals surface area contributed by atoms with Gasteiger partial charge in [-0.1, -0.05) is 54.6 Å². The molecule has 0 spiro atoms. The van der Waals surface area contributed by atoms with E-state index in [4.69, 9.17) is 0 Å². The third-order valence-electron chi connectivity index (χ3n) is 2.96. The normalized spacial score (nSPS) is 10.6. The number of carbonyl (C=O) groups is 2. The van der Waals surface area contributed by atoms with Crippen molar-refractivity contribution in [3.05, 3.63) is 71.3 Å². The van der Waals surface area contributed by atoms with E-state index in [0.717, 1.165) is 12.1 Å². The lowest BCUT2D eigenvalue weighted by Gasteiger charge is -2.09. The molecule has 20 heavy (non-hydrogen) atoms. The average Bonchev–Trinajstić information content (AvgIpc) is 2.47. The van der Waals surface area contributed by atoms with E-state index in [9.17, 15) is 9.59 Å². The molecule has 2 rings (SSSR count). The smallest absolute Gasteiger partial charge is 0.233 e. The Balaban J connectivity index is 2.15. The van der Waals surface area contributed by atoms with E-state index in [1.54, 1.807) is 36.4 Å². The second-order valence-electron chi connectivity index (χ2n) is 4.96. The summed E-state index contributed by atoms with van der Waals surface area (Å²) in [4.78, 5) is 26.2. The Morgan fingerprint density at radius 1 is 0.800 bits per heavy atom. The number of carbonyl (C=O) groups excluding carboxylic acids is 2. The van der Waals surface area contributed by atoms with E-state index in [1.807, 2.05) is 37.2 Å². The van der Waals surface area contributed by atoms with Gasteiger partial charge in [0.1, 0.15) is 0 Å². The van der Waals surface area contributed by atoms with Gasteiger partial charge in [-0.05, 0) is 19.7 Å². The molecule has 0 fully saturated rings. The number of benzene rings is 2. The van der Waals surface area contributed by atoms with Crippen LogP contribution in [-0.4, -0.2) is 30.6 Å². The molecule has 0 aliphatic rings. The zero-order chi connectivity index (χ0) is 14.5. The Kier molecular flexibility index (Phi) is 4.43. The van der Waals surface area contributed by atoms with Gasteiger partial charge in [0.05, 0.1) is 0 Å². The number of hydrogen-bond donors (Lipinski definition) is 0. The summed E-state index contributed by atoms with van der Waals surface area (Å²) in [5.74, 6) is -0.932. The third-order valence-corrected chi connectivity index (χ3v) is 2.96. The molecule has 0 saturated heterocycles. The Morgan fingerprint density at radius 2 is 1.30 bits per heavy atom. The van der Waals surface area contributed by atoms with E-state index >= 15 is 0 Å². The van der Waals surface area contributed by atoms with Crippen LogP contribution < -0.4 is 0 Å². The molecule has 0 N–H and O–H groups in total. The van der Waals surface area contributed by atoms with Crippen LogP contribution >= 0.6 is 0 Å². The van der Waals surface area contributed by atoms with Crippen molar-refractivity contribution in [2.75, 3.05) is 14.1 Å². The zero-order valence-electron chi connectivity index (χ0n) is 11.7. The molecule has 0 bridgehead atoms. The summed E-state index contributed by atoms with van der Waals surface area (Å²) in [5, 5.41) is 0. The highest BCUT2D eigenvalue weighted by Gasteiger charge is 2.17. The van der Waals surface area contributed by atoms with Gasteiger partial charge in [0.15, 0.2) is 0 Å². The Bertz CT molecular complexity index is 601. The van der Waals surface area contributed by atoms with Gasteiger partial charge < -0.3 is 4.90 Å². The number of nitrogens with zero attached hydrogens (tertiary/aromatic N) is 1. The largest absolute Gasteiger partial charge is 0.305 e. The molecule has 0 atom stereocenters. The van der Waals surface area contributed by atoms with E-state index in [2.05, 4.69) is 0 Å². The maximum atomic E-state index is 12.1. The van der Waals surface area contributed by atoms with Crippen LogP contribution in [0.3, 0.4) is 0 Å². The highest BCUT2D eigenvalue weighted by molar-refractivity contribution is 6.49. The monoisotopic (exact) mass is 267 g/mol. The Morgan fingerprint density at radius 3 is 1.80 bits per heavy atom. The first-order valence-electron chi connectivity index (χ1n) is 6.45. The molecule has 3 heteroatoms. The molecule has 2 aromatic carbocycles. The van der Waals surface area contributed by atoms with Gasteiger partial charge in [-0.2, -0.15) is 0 Å². The van der Waals surface area contributed by atoms with Crippen molar-refractivity contribution in [1.82, 2.24) is 4.90 Å². The van der Waals surface area contributed by atoms with Gasteiger partial charge in [-0.25, -0.2) is 0 Å². The number of ketones is 2. The van der Waals surface area contributed by atoms with Gasteiger partial charge in [-0.15, -0.1) is 0 Å². The topological polar surface area (TPSA) is 37.4 Å². The van der Waals surface area contributed by atoms with Crippen LogP contribution in [0.5, 0.6) is 0 Å². The minimum absolute atomic E-state index is 0.426. The van der Waals surface area contributed by atoms with Crippen molar-refractivity contribution in [3.63, 3.8) is 0 Å². The Labute approximate surface area is 118 Å². The van der Waals surface area contributed by atoms with Crippen LogP contribution in [0.15, 0.2) is 54.6 Å². The fourth-order valence-electron chi connectivity index (χ4n) is 1.98. The van der Waals surface area contributed by atoms with E-state index < -0.39 is 11.6 Å². The minimum Gasteiger partial charge on any atom is -0.305 e. The highest BCUT2D eigenvalue weighted by Crippen LogP contribution is 2.10. The predicted octanol–water partition coefficient (Wildman–Crippen LogP) is 2.81. The molecule has 3 nitrogen and oxygen atoms in total. The fourth-order valence-corrected chi connectivity index (χ4v) is 1.98. The molecule has 2 aromatic rings. The summed E-state index contributed by atoms with van der Waals surface area (Å²) >= 11 is 0. The molecule has 0 saturated carbocycles. The minimum atomic E-state index is -0.467. The van der Waals surface area contributed by atoms with Crippen LogP contribution in [0.25, 0.3) is 0 Å². The second kappa shape index (κ2) is 6.26. The molecule has 0 aliphatic heterocycles. The summed E-state index contributed by atoms with van der Waals surface area (Å²) in [6.07, 6.45) is 0. The lowest BCUT2D eigenvalue weighted by Crippen LogP contribution is -2.15. The quantitative estimate of drug-likeness (QED) is 0.617. The van der Waals surface area contributed by atoms with Crippen LogP contribution in [0.4, 0.5) is 0 Å². The van der Waals surface area contributed by atoms with Gasteiger partial charge in [-0.3, -0.25) is 9.59 Å². The molecule has 0 aromatic heterocycles. The van der Waals surface area contributed by atoms with Crippen LogP contribution in [0, 0.1) is 0 Å². The zero-order valence-corrected chi connectivity index (χ0v) is 11.7. The van der Waals surface area contributed by atoms with Crippen molar-refractivity contribution in [2.24, 2.45) is 0 Å².